The highest BCUT2D eigenvalue weighted by Gasteiger charge is 2.22. The van der Waals surface area contributed by atoms with Crippen LogP contribution in [0.25, 0.3) is 78.9 Å². The van der Waals surface area contributed by atoms with Gasteiger partial charge in [-0.05, 0) is 29.3 Å². The predicted octanol–water partition coefficient (Wildman–Crippen LogP) is 13.4. The van der Waals surface area contributed by atoms with E-state index < -0.39 is 5.97 Å². The van der Waals surface area contributed by atoms with Gasteiger partial charge >= 0.3 is 5.97 Å². The molecule has 2 heterocycles. The van der Waals surface area contributed by atoms with Gasteiger partial charge in [0.25, 0.3) is 0 Å². The average Bonchev–Trinajstić information content (AvgIpc) is 3.83. The minimum Gasteiger partial charge on any atom is -0.482 e. The Morgan fingerprint density at radius 2 is 0.902 bits per heavy atom. The van der Waals surface area contributed by atoms with Crippen molar-refractivity contribution < 1.29 is 14.6 Å². The number of carboxylic acids is 1. The monoisotopic (exact) mass is 864 g/mol. The number of hydrogen-bond donors (Lipinski definition) is 1. The fraction of sp³-hybridized carbons (Fsp3) is 0.0755. The van der Waals surface area contributed by atoms with E-state index >= 15 is 0 Å². The minimum atomic E-state index is -1.01. The molecule has 61 heavy (non-hydrogen) atoms. The number of nitrogens with zero attached hydrogens (tertiary/aromatic N) is 4. The van der Waals surface area contributed by atoms with Crippen LogP contribution >= 0.6 is 15.9 Å². The molecule has 0 radical (unpaired) electrons. The summed E-state index contributed by atoms with van der Waals surface area (Å²) >= 11 is 3.66. The van der Waals surface area contributed by atoms with Gasteiger partial charge in [-0.25, -0.2) is 14.8 Å². The van der Waals surface area contributed by atoms with E-state index in [2.05, 4.69) is 117 Å². The van der Waals surface area contributed by atoms with Crippen molar-refractivity contribution in [1.29, 1.82) is 0 Å². The molecule has 0 aliphatic heterocycles. The van der Waals surface area contributed by atoms with Crippen molar-refractivity contribution in [2.45, 2.75) is 7.43 Å². The van der Waals surface area contributed by atoms with Crippen molar-refractivity contribution in [2.24, 2.45) is 14.1 Å². The van der Waals surface area contributed by atoms with E-state index in [1.54, 1.807) is 6.07 Å². The predicted molar refractivity (Wildman–Crippen MR) is 252 cm³/mol. The number of rotatable bonds is 10. The number of aromatic nitrogens is 4. The molecule has 0 atom stereocenters. The number of halogens is 1. The van der Waals surface area contributed by atoms with Crippen molar-refractivity contribution in [3.63, 3.8) is 0 Å². The third-order valence-electron chi connectivity index (χ3n) is 10.2. The molecule has 0 saturated heterocycles. The average molecular weight is 866 g/mol. The molecule has 0 bridgehead atoms. The van der Waals surface area contributed by atoms with Crippen molar-refractivity contribution in [2.75, 3.05) is 6.61 Å². The maximum atomic E-state index is 10.9. The van der Waals surface area contributed by atoms with E-state index in [-0.39, 0.29) is 14.0 Å². The lowest BCUT2D eigenvalue weighted by Gasteiger charge is -2.12. The lowest BCUT2D eigenvalue weighted by atomic mass is 9.99. The first-order valence-electron chi connectivity index (χ1n) is 19.5. The van der Waals surface area contributed by atoms with Crippen molar-refractivity contribution >= 4 is 21.9 Å². The zero-order valence-corrected chi connectivity index (χ0v) is 34.7. The van der Waals surface area contributed by atoms with Gasteiger partial charge in [0.2, 0.25) is 0 Å². The number of carboxylic acid groups (broad SMARTS) is 1. The molecule has 8 heteroatoms. The number of benzene rings is 7. The molecule has 9 aromatic rings. The van der Waals surface area contributed by atoms with Gasteiger partial charge in [0.05, 0.1) is 22.8 Å². The zero-order valence-electron chi connectivity index (χ0n) is 33.1. The van der Waals surface area contributed by atoms with Gasteiger partial charge in [-0.3, -0.25) is 0 Å². The lowest BCUT2D eigenvalue weighted by molar-refractivity contribution is -0.139. The van der Waals surface area contributed by atoms with Gasteiger partial charge in [-0.2, -0.15) is 0 Å². The highest BCUT2D eigenvalue weighted by atomic mass is 79.9. The maximum absolute atomic E-state index is 10.9. The van der Waals surface area contributed by atoms with Gasteiger partial charge < -0.3 is 19.0 Å². The summed E-state index contributed by atoms with van der Waals surface area (Å²) in [5.41, 5.74) is 12.5. The summed E-state index contributed by atoms with van der Waals surface area (Å²) in [6.45, 7) is -0.384. The van der Waals surface area contributed by atoms with E-state index in [0.717, 1.165) is 83.4 Å². The van der Waals surface area contributed by atoms with Crippen LogP contribution in [0.15, 0.2) is 199 Å². The van der Waals surface area contributed by atoms with Crippen LogP contribution in [0.1, 0.15) is 7.43 Å². The Labute approximate surface area is 365 Å². The standard InChI is InChI=1S/C30H24N2O3.C22H17BrN2.CH4/c1-32-29(22-13-6-3-7-14-22)28(21-11-4-2-5-12-21)31-30(32)26-18-9-8-17-25(26)23-15-10-16-24(19-23)35-20-27(33)34;1-25-21(17-12-6-3-7-13-17)20(16-10-4-2-5-11-16)24-22(25)18-14-8-9-15-19(18)23;/h2-19H,20H2,1H3,(H,33,34);2-15H,1H3;1H4. The molecule has 0 amide bonds. The van der Waals surface area contributed by atoms with Crippen LogP contribution in [-0.2, 0) is 18.9 Å². The topological polar surface area (TPSA) is 82.2 Å². The molecule has 7 aromatic carbocycles. The van der Waals surface area contributed by atoms with Crippen LogP contribution in [-0.4, -0.2) is 36.8 Å². The second kappa shape index (κ2) is 19.2. The fourth-order valence-corrected chi connectivity index (χ4v) is 7.86. The van der Waals surface area contributed by atoms with E-state index in [9.17, 15) is 4.79 Å². The Hall–Kier alpha value is -7.29. The lowest BCUT2D eigenvalue weighted by Crippen LogP contribution is -2.09. The molecule has 302 valence electrons. The molecule has 0 saturated carbocycles. The normalized spacial score (nSPS) is 10.6. The third kappa shape index (κ3) is 9.15. The summed E-state index contributed by atoms with van der Waals surface area (Å²) in [7, 11) is 4.12. The molecule has 0 aliphatic rings. The Morgan fingerprint density at radius 3 is 1.38 bits per heavy atom. The van der Waals surface area contributed by atoms with Gasteiger partial charge in [-0.1, -0.05) is 199 Å². The fourth-order valence-electron chi connectivity index (χ4n) is 7.40. The van der Waals surface area contributed by atoms with Crippen LogP contribution in [0.2, 0.25) is 0 Å². The minimum absolute atomic E-state index is 0. The zero-order chi connectivity index (χ0) is 41.4. The van der Waals surface area contributed by atoms with Crippen molar-refractivity contribution in [1.82, 2.24) is 19.1 Å². The van der Waals surface area contributed by atoms with E-state index in [1.807, 2.05) is 110 Å². The molecule has 0 spiro atoms. The summed E-state index contributed by atoms with van der Waals surface area (Å²) in [4.78, 5) is 21.1. The Bertz CT molecular complexity index is 2870. The van der Waals surface area contributed by atoms with Crippen LogP contribution in [0, 0.1) is 0 Å². The van der Waals surface area contributed by atoms with Crippen molar-refractivity contribution in [3.05, 3.63) is 199 Å². The highest BCUT2D eigenvalue weighted by Crippen LogP contribution is 2.40. The van der Waals surface area contributed by atoms with Gasteiger partial charge in [0, 0.05) is 51.9 Å². The summed E-state index contributed by atoms with van der Waals surface area (Å²) < 4.78 is 10.8. The SMILES string of the molecule is C.Cn1c(-c2ccccc2-c2cccc(OCC(=O)O)c2)nc(-c2ccccc2)c1-c1ccccc1.Cn1c(-c2ccccc2Br)nc(-c2ccccc2)c1-c1ccccc1. The molecule has 0 fully saturated rings. The molecule has 0 aliphatic carbocycles. The molecule has 0 unspecified atom stereocenters. The smallest absolute Gasteiger partial charge is 0.341 e. The van der Waals surface area contributed by atoms with Crippen molar-refractivity contribution in [3.8, 4) is 84.7 Å². The van der Waals surface area contributed by atoms with Gasteiger partial charge in [-0.15, -0.1) is 0 Å². The number of imidazole rings is 2. The molecule has 9 rings (SSSR count). The van der Waals surface area contributed by atoms with Crippen LogP contribution in [0.4, 0.5) is 0 Å². The van der Waals surface area contributed by atoms with Crippen LogP contribution < -0.4 is 4.74 Å². The summed E-state index contributed by atoms with van der Waals surface area (Å²) in [5.74, 6) is 1.29. The van der Waals surface area contributed by atoms with E-state index in [0.29, 0.717) is 5.75 Å². The quantitative estimate of drug-likeness (QED) is 0.148. The highest BCUT2D eigenvalue weighted by molar-refractivity contribution is 9.10. The number of ether oxygens (including phenoxy) is 1. The molecule has 1 N–H and O–H groups in total. The Balaban J connectivity index is 0.000000191. The number of aliphatic carboxylic acids is 1. The van der Waals surface area contributed by atoms with Crippen LogP contribution in [0.5, 0.6) is 5.75 Å². The first-order chi connectivity index (χ1) is 29.4. The van der Waals surface area contributed by atoms with Gasteiger partial charge in [0.1, 0.15) is 17.4 Å². The second-order valence-corrected chi connectivity index (χ2v) is 14.9. The number of carbonyl (C=O) groups is 1. The first kappa shape index (κ1) is 41.9. The van der Waals surface area contributed by atoms with Gasteiger partial charge in [0.15, 0.2) is 6.61 Å². The Kier molecular flexibility index (Phi) is 13.2. The molecular weight excluding hydrogens is 821 g/mol. The summed E-state index contributed by atoms with van der Waals surface area (Å²) in [6, 6.07) is 65.1. The summed E-state index contributed by atoms with van der Waals surface area (Å²) in [5, 5.41) is 8.96. The molecule has 7 nitrogen and oxygen atoms in total. The first-order valence-corrected chi connectivity index (χ1v) is 20.3. The largest absolute Gasteiger partial charge is 0.482 e. The molecule has 2 aromatic heterocycles. The van der Waals surface area contributed by atoms with E-state index in [4.69, 9.17) is 19.8 Å². The molecular formula is C53H45BrN4O3. The third-order valence-corrected chi connectivity index (χ3v) is 10.9. The maximum Gasteiger partial charge on any atom is 0.341 e. The second-order valence-electron chi connectivity index (χ2n) is 14.1. The van der Waals surface area contributed by atoms with E-state index in [1.165, 1.54) is 0 Å². The number of hydrogen-bond acceptors (Lipinski definition) is 4. The Morgan fingerprint density at radius 1 is 0.508 bits per heavy atom. The van der Waals surface area contributed by atoms with Crippen LogP contribution in [0.3, 0.4) is 0 Å². The summed E-state index contributed by atoms with van der Waals surface area (Å²) in [6.07, 6.45) is 0.